The predicted molar refractivity (Wildman–Crippen MR) is 106 cm³/mol. The summed E-state index contributed by atoms with van der Waals surface area (Å²) in [4.78, 5) is 15.8. The van der Waals surface area contributed by atoms with Gasteiger partial charge in [-0.25, -0.2) is 10.9 Å². The van der Waals surface area contributed by atoms with Crippen molar-refractivity contribution in [3.05, 3.63) is 59.7 Å². The van der Waals surface area contributed by atoms with Crippen LogP contribution in [0.5, 0.6) is 5.75 Å². The zero-order chi connectivity index (χ0) is 19.2. The van der Waals surface area contributed by atoms with Gasteiger partial charge in [0, 0.05) is 23.5 Å². The molecule has 0 spiro atoms. The average Bonchev–Trinajstić information content (AvgIpc) is 3.18. The number of phenols is 1. The Morgan fingerprint density at radius 2 is 1.93 bits per heavy atom. The molecule has 1 fully saturated rings. The predicted octanol–water partition coefficient (Wildman–Crippen LogP) is 2.04. The van der Waals surface area contributed by atoms with Crippen LogP contribution in [0.3, 0.4) is 0 Å². The van der Waals surface area contributed by atoms with E-state index in [2.05, 4.69) is 10.9 Å². The molecule has 4 N–H and O–H groups in total. The maximum absolute atomic E-state index is 13.0. The number of benzene rings is 2. The number of carbonyl (C=O) groups excluding carboxylic acids is 1. The van der Waals surface area contributed by atoms with E-state index in [1.807, 2.05) is 42.7 Å². The third-order valence-electron chi connectivity index (χ3n) is 4.73. The number of thioether (sulfide) groups is 1. The van der Waals surface area contributed by atoms with Crippen LogP contribution in [0.2, 0.25) is 0 Å². The first kappa shape index (κ1) is 19.7. The summed E-state index contributed by atoms with van der Waals surface area (Å²) in [5, 5.41) is 19.4. The van der Waals surface area contributed by atoms with Crippen LogP contribution in [0.1, 0.15) is 23.6 Å². The van der Waals surface area contributed by atoms with Gasteiger partial charge in [-0.1, -0.05) is 30.3 Å². The van der Waals surface area contributed by atoms with Crippen molar-refractivity contribution >= 4 is 17.7 Å². The Bertz CT molecular complexity index is 769. The number of carbonyl (C=O) groups is 1. The van der Waals surface area contributed by atoms with Crippen molar-refractivity contribution in [2.75, 3.05) is 19.4 Å². The molecule has 0 aliphatic carbocycles. The van der Waals surface area contributed by atoms with E-state index in [4.69, 9.17) is 0 Å². The molecule has 144 valence electrons. The first-order chi connectivity index (χ1) is 13.1. The summed E-state index contributed by atoms with van der Waals surface area (Å²) in [6, 6.07) is 14.7. The van der Waals surface area contributed by atoms with Gasteiger partial charge < -0.3 is 15.1 Å². The SMILES string of the molecule is CSc1ccc(CN(CCO)C(=O)C2CC(c3ccccc3O)NN2)cc1. The molecule has 1 aliphatic heterocycles. The second kappa shape index (κ2) is 9.23. The smallest absolute Gasteiger partial charge is 0.241 e. The zero-order valence-electron chi connectivity index (χ0n) is 15.3. The lowest BCUT2D eigenvalue weighted by Gasteiger charge is -2.25. The summed E-state index contributed by atoms with van der Waals surface area (Å²) >= 11 is 1.67. The molecule has 27 heavy (non-hydrogen) atoms. The van der Waals surface area contributed by atoms with E-state index in [1.54, 1.807) is 28.8 Å². The molecule has 2 unspecified atom stereocenters. The van der Waals surface area contributed by atoms with Crippen molar-refractivity contribution in [1.29, 1.82) is 0 Å². The van der Waals surface area contributed by atoms with E-state index in [0.717, 1.165) is 11.1 Å². The summed E-state index contributed by atoms with van der Waals surface area (Å²) in [7, 11) is 0. The molecule has 0 radical (unpaired) electrons. The molecular weight excluding hydrogens is 362 g/mol. The molecule has 0 bridgehead atoms. The fourth-order valence-corrected chi connectivity index (χ4v) is 3.67. The number of hydrogen-bond acceptors (Lipinski definition) is 6. The number of nitrogens with zero attached hydrogens (tertiary/aromatic N) is 1. The topological polar surface area (TPSA) is 84.8 Å². The van der Waals surface area contributed by atoms with Gasteiger partial charge in [0.2, 0.25) is 5.91 Å². The number of amides is 1. The molecular formula is C20H25N3O3S. The quantitative estimate of drug-likeness (QED) is 0.544. The number of para-hydroxylation sites is 1. The number of aliphatic hydroxyl groups is 1. The van der Waals surface area contributed by atoms with Gasteiger partial charge in [-0.3, -0.25) is 4.79 Å². The van der Waals surface area contributed by atoms with E-state index >= 15 is 0 Å². The van der Waals surface area contributed by atoms with E-state index < -0.39 is 6.04 Å². The highest BCUT2D eigenvalue weighted by Crippen LogP contribution is 2.29. The minimum Gasteiger partial charge on any atom is -0.508 e. The summed E-state index contributed by atoms with van der Waals surface area (Å²) in [5.41, 5.74) is 7.93. The largest absolute Gasteiger partial charge is 0.508 e. The minimum atomic E-state index is -0.411. The molecule has 1 aliphatic rings. The Morgan fingerprint density at radius 3 is 2.59 bits per heavy atom. The monoisotopic (exact) mass is 387 g/mol. The maximum atomic E-state index is 13.0. The number of hydrogen-bond donors (Lipinski definition) is 4. The van der Waals surface area contributed by atoms with Crippen molar-refractivity contribution in [2.45, 2.75) is 29.9 Å². The van der Waals surface area contributed by atoms with E-state index in [1.165, 1.54) is 4.90 Å². The van der Waals surface area contributed by atoms with Crippen molar-refractivity contribution in [3.8, 4) is 5.75 Å². The van der Waals surface area contributed by atoms with Crippen molar-refractivity contribution in [2.24, 2.45) is 0 Å². The normalized spacial score (nSPS) is 19.2. The first-order valence-electron chi connectivity index (χ1n) is 8.94. The van der Waals surface area contributed by atoms with Gasteiger partial charge in [0.25, 0.3) is 0 Å². The summed E-state index contributed by atoms with van der Waals surface area (Å²) in [6.45, 7) is 0.647. The molecule has 2 atom stereocenters. The number of phenolic OH excluding ortho intramolecular Hbond substituents is 1. The Hall–Kier alpha value is -2.06. The molecule has 1 heterocycles. The molecule has 7 heteroatoms. The number of rotatable bonds is 7. The van der Waals surface area contributed by atoms with Crippen LogP contribution in [0.4, 0.5) is 0 Å². The fraction of sp³-hybridized carbons (Fsp3) is 0.350. The third kappa shape index (κ3) is 4.81. The summed E-state index contributed by atoms with van der Waals surface area (Å²) in [5.74, 6) is 0.148. The van der Waals surface area contributed by atoms with Gasteiger partial charge in [0.15, 0.2) is 0 Å². The summed E-state index contributed by atoms with van der Waals surface area (Å²) < 4.78 is 0. The number of aromatic hydroxyl groups is 1. The van der Waals surface area contributed by atoms with E-state index in [0.29, 0.717) is 13.0 Å². The van der Waals surface area contributed by atoms with Crippen molar-refractivity contribution < 1.29 is 15.0 Å². The zero-order valence-corrected chi connectivity index (χ0v) is 16.1. The fourth-order valence-electron chi connectivity index (χ4n) is 3.26. The molecule has 0 aromatic heterocycles. The highest BCUT2D eigenvalue weighted by molar-refractivity contribution is 7.98. The number of nitrogens with one attached hydrogen (secondary N) is 2. The van der Waals surface area contributed by atoms with Gasteiger partial charge in [0.1, 0.15) is 11.8 Å². The van der Waals surface area contributed by atoms with Gasteiger partial charge in [-0.15, -0.1) is 11.8 Å². The van der Waals surface area contributed by atoms with Crippen molar-refractivity contribution in [1.82, 2.24) is 15.8 Å². The average molecular weight is 388 g/mol. The Labute approximate surface area is 163 Å². The molecule has 1 amide bonds. The third-order valence-corrected chi connectivity index (χ3v) is 5.47. The summed E-state index contributed by atoms with van der Waals surface area (Å²) in [6.07, 6.45) is 2.56. The maximum Gasteiger partial charge on any atom is 0.241 e. The molecule has 2 aromatic carbocycles. The Kier molecular flexibility index (Phi) is 6.73. The van der Waals surface area contributed by atoms with Crippen molar-refractivity contribution in [3.63, 3.8) is 0 Å². The molecule has 2 aromatic rings. The second-order valence-electron chi connectivity index (χ2n) is 6.52. The Balaban J connectivity index is 1.67. The van der Waals surface area contributed by atoms with Crippen LogP contribution in [0.15, 0.2) is 53.4 Å². The van der Waals surface area contributed by atoms with Crippen LogP contribution >= 0.6 is 11.8 Å². The van der Waals surface area contributed by atoms with E-state index in [9.17, 15) is 15.0 Å². The number of aliphatic hydroxyl groups excluding tert-OH is 1. The van der Waals surface area contributed by atoms with Crippen LogP contribution in [0.25, 0.3) is 0 Å². The van der Waals surface area contributed by atoms with Crippen LogP contribution < -0.4 is 10.9 Å². The highest BCUT2D eigenvalue weighted by atomic mass is 32.2. The molecule has 0 saturated carbocycles. The lowest BCUT2D eigenvalue weighted by atomic mass is 10.0. The Morgan fingerprint density at radius 1 is 1.19 bits per heavy atom. The molecule has 6 nitrogen and oxygen atoms in total. The minimum absolute atomic E-state index is 0.0663. The molecule has 3 rings (SSSR count). The van der Waals surface area contributed by atoms with Crippen LogP contribution in [-0.2, 0) is 11.3 Å². The second-order valence-corrected chi connectivity index (χ2v) is 7.40. The lowest BCUT2D eigenvalue weighted by Crippen LogP contribution is -2.46. The first-order valence-corrected chi connectivity index (χ1v) is 10.2. The van der Waals surface area contributed by atoms with Gasteiger partial charge in [-0.05, 0) is 36.4 Å². The number of hydrazine groups is 1. The highest BCUT2D eigenvalue weighted by Gasteiger charge is 2.33. The van der Waals surface area contributed by atoms with Gasteiger partial charge in [0.05, 0.1) is 12.6 Å². The van der Waals surface area contributed by atoms with E-state index in [-0.39, 0.29) is 30.9 Å². The molecule has 1 saturated heterocycles. The van der Waals surface area contributed by atoms with Crippen LogP contribution in [-0.4, -0.2) is 46.5 Å². The lowest BCUT2D eigenvalue weighted by molar-refractivity contribution is -0.134. The van der Waals surface area contributed by atoms with Gasteiger partial charge >= 0.3 is 0 Å². The standard InChI is InChI=1S/C20H25N3O3S/c1-27-15-8-6-14(7-9-15)13-23(10-11-24)20(26)18-12-17(21-22-18)16-4-2-3-5-19(16)25/h2-9,17-18,21-22,24-25H,10-13H2,1H3. The van der Waals surface area contributed by atoms with Gasteiger partial charge in [-0.2, -0.15) is 0 Å². The van der Waals surface area contributed by atoms with Crippen LogP contribution in [0, 0.1) is 0 Å².